The summed E-state index contributed by atoms with van der Waals surface area (Å²) in [6, 6.07) is 6.25. The number of hydrogen-bond donors (Lipinski definition) is 2. The van der Waals surface area contributed by atoms with Gasteiger partial charge in [-0.2, -0.15) is 0 Å². The standard InChI is InChI=1S/C22H36N6O2/c1-6-12-30-20-14-17(3)9-10-19(20)15-24-22(23-11-8-13-29-7-2)25-16-21-27-26-18(4)28(21)5/h9-10,14H,6-8,11-13,15-16H2,1-5H3,(H2,23,24,25). The highest BCUT2D eigenvalue weighted by Gasteiger charge is 2.08. The lowest BCUT2D eigenvalue weighted by molar-refractivity contribution is 0.145. The van der Waals surface area contributed by atoms with Gasteiger partial charge in [-0.05, 0) is 45.2 Å². The molecule has 0 saturated heterocycles. The number of guanidine groups is 1. The lowest BCUT2D eigenvalue weighted by Gasteiger charge is -2.14. The molecular formula is C22H36N6O2. The summed E-state index contributed by atoms with van der Waals surface area (Å²) in [5.74, 6) is 3.38. The largest absolute Gasteiger partial charge is 0.493 e. The van der Waals surface area contributed by atoms with E-state index in [1.54, 1.807) is 0 Å². The minimum atomic E-state index is 0.526. The predicted molar refractivity (Wildman–Crippen MR) is 120 cm³/mol. The number of rotatable bonds is 12. The summed E-state index contributed by atoms with van der Waals surface area (Å²) >= 11 is 0. The van der Waals surface area contributed by atoms with Crippen molar-refractivity contribution in [3.05, 3.63) is 41.0 Å². The number of aromatic nitrogens is 3. The molecule has 8 heteroatoms. The molecule has 30 heavy (non-hydrogen) atoms. The number of nitrogens with one attached hydrogen (secondary N) is 2. The van der Waals surface area contributed by atoms with Crippen LogP contribution in [0, 0.1) is 13.8 Å². The van der Waals surface area contributed by atoms with Gasteiger partial charge in [0.25, 0.3) is 0 Å². The molecule has 1 heterocycles. The van der Waals surface area contributed by atoms with E-state index in [-0.39, 0.29) is 0 Å². The normalized spacial score (nSPS) is 11.6. The molecular weight excluding hydrogens is 380 g/mol. The van der Waals surface area contributed by atoms with Crippen molar-refractivity contribution in [2.45, 2.75) is 53.6 Å². The third-order valence-corrected chi connectivity index (χ3v) is 4.65. The molecule has 2 N–H and O–H groups in total. The van der Waals surface area contributed by atoms with Crippen LogP contribution < -0.4 is 15.4 Å². The minimum Gasteiger partial charge on any atom is -0.493 e. The van der Waals surface area contributed by atoms with Gasteiger partial charge in [-0.15, -0.1) is 10.2 Å². The zero-order valence-electron chi connectivity index (χ0n) is 19.0. The van der Waals surface area contributed by atoms with Crippen LogP contribution in [0.25, 0.3) is 0 Å². The van der Waals surface area contributed by atoms with Gasteiger partial charge in [-0.1, -0.05) is 19.1 Å². The molecule has 0 aliphatic carbocycles. The van der Waals surface area contributed by atoms with Gasteiger partial charge in [0.05, 0.1) is 19.7 Å². The predicted octanol–water partition coefficient (Wildman–Crippen LogP) is 2.88. The molecule has 2 aromatic rings. The summed E-state index contributed by atoms with van der Waals surface area (Å²) in [5.41, 5.74) is 2.25. The Morgan fingerprint density at radius 3 is 2.67 bits per heavy atom. The summed E-state index contributed by atoms with van der Waals surface area (Å²) < 4.78 is 13.3. The maximum Gasteiger partial charge on any atom is 0.191 e. The Hall–Kier alpha value is -2.61. The van der Waals surface area contributed by atoms with Crippen molar-refractivity contribution in [2.24, 2.45) is 12.0 Å². The maximum absolute atomic E-state index is 5.92. The van der Waals surface area contributed by atoms with Crippen molar-refractivity contribution in [3.8, 4) is 5.75 Å². The van der Waals surface area contributed by atoms with Crippen molar-refractivity contribution in [3.63, 3.8) is 0 Å². The van der Waals surface area contributed by atoms with E-state index in [2.05, 4.69) is 52.9 Å². The fourth-order valence-corrected chi connectivity index (χ4v) is 2.77. The van der Waals surface area contributed by atoms with Crippen molar-refractivity contribution in [1.29, 1.82) is 0 Å². The molecule has 0 saturated carbocycles. The van der Waals surface area contributed by atoms with Crippen molar-refractivity contribution >= 4 is 5.96 Å². The smallest absolute Gasteiger partial charge is 0.191 e. The monoisotopic (exact) mass is 416 g/mol. The summed E-state index contributed by atoms with van der Waals surface area (Å²) in [6.45, 7) is 12.1. The van der Waals surface area contributed by atoms with Crippen LogP contribution in [0.1, 0.15) is 49.5 Å². The molecule has 1 aromatic heterocycles. The van der Waals surface area contributed by atoms with E-state index in [4.69, 9.17) is 14.5 Å². The van der Waals surface area contributed by atoms with E-state index in [9.17, 15) is 0 Å². The Balaban J connectivity index is 2.06. The van der Waals surface area contributed by atoms with Crippen LogP contribution in [0.15, 0.2) is 23.2 Å². The highest BCUT2D eigenvalue weighted by atomic mass is 16.5. The molecule has 0 aliphatic rings. The molecule has 8 nitrogen and oxygen atoms in total. The van der Waals surface area contributed by atoms with Gasteiger partial charge in [0.1, 0.15) is 11.6 Å². The first-order valence-corrected chi connectivity index (χ1v) is 10.7. The fourth-order valence-electron chi connectivity index (χ4n) is 2.77. The molecule has 0 amide bonds. The summed E-state index contributed by atoms with van der Waals surface area (Å²) in [5, 5.41) is 15.1. The summed E-state index contributed by atoms with van der Waals surface area (Å²) in [7, 11) is 1.96. The number of hydrogen-bond acceptors (Lipinski definition) is 5. The van der Waals surface area contributed by atoms with Crippen LogP contribution in [-0.2, 0) is 24.9 Å². The van der Waals surface area contributed by atoms with Gasteiger partial charge in [-0.3, -0.25) is 0 Å². The van der Waals surface area contributed by atoms with Crippen molar-refractivity contribution in [2.75, 3.05) is 26.4 Å². The maximum atomic E-state index is 5.92. The highest BCUT2D eigenvalue weighted by molar-refractivity contribution is 5.79. The van der Waals surface area contributed by atoms with E-state index in [1.165, 1.54) is 5.56 Å². The van der Waals surface area contributed by atoms with Crippen molar-refractivity contribution < 1.29 is 9.47 Å². The number of aliphatic imine (C=N–C) groups is 1. The van der Waals surface area contributed by atoms with Gasteiger partial charge in [0.2, 0.25) is 0 Å². The molecule has 166 valence electrons. The van der Waals surface area contributed by atoms with Gasteiger partial charge >= 0.3 is 0 Å². The molecule has 0 fully saturated rings. The van der Waals surface area contributed by atoms with E-state index < -0.39 is 0 Å². The SMILES string of the molecule is CCCOc1cc(C)ccc1CN=C(NCCCOCC)NCc1nnc(C)n1C. The molecule has 0 radical (unpaired) electrons. The minimum absolute atomic E-state index is 0.526. The van der Waals surface area contributed by atoms with Crippen molar-refractivity contribution in [1.82, 2.24) is 25.4 Å². The quantitative estimate of drug-likeness (QED) is 0.314. The van der Waals surface area contributed by atoms with Crippen LogP contribution in [0.4, 0.5) is 0 Å². The second-order valence-electron chi connectivity index (χ2n) is 7.18. The van der Waals surface area contributed by atoms with Gasteiger partial charge in [-0.25, -0.2) is 4.99 Å². The Kier molecular flexibility index (Phi) is 10.1. The van der Waals surface area contributed by atoms with E-state index in [0.717, 1.165) is 61.5 Å². The first-order chi connectivity index (χ1) is 14.5. The van der Waals surface area contributed by atoms with Gasteiger partial charge in [0, 0.05) is 32.4 Å². The lowest BCUT2D eigenvalue weighted by Crippen LogP contribution is -2.38. The number of benzene rings is 1. The van der Waals surface area contributed by atoms with E-state index >= 15 is 0 Å². The zero-order chi connectivity index (χ0) is 21.8. The summed E-state index contributed by atoms with van der Waals surface area (Å²) in [6.07, 6.45) is 1.88. The van der Waals surface area contributed by atoms with Crippen LogP contribution in [-0.4, -0.2) is 47.1 Å². The molecule has 2 rings (SSSR count). The second kappa shape index (κ2) is 12.8. The average molecular weight is 417 g/mol. The van der Waals surface area contributed by atoms with E-state index in [0.29, 0.717) is 19.7 Å². The fraction of sp³-hybridized carbons (Fsp3) is 0.591. The number of nitrogens with zero attached hydrogens (tertiary/aromatic N) is 4. The van der Waals surface area contributed by atoms with Crippen LogP contribution in [0.3, 0.4) is 0 Å². The van der Waals surface area contributed by atoms with Gasteiger partial charge in [0.15, 0.2) is 11.8 Å². The number of aryl methyl sites for hydroxylation is 2. The average Bonchev–Trinajstić information content (AvgIpc) is 3.06. The Labute approximate surface area is 180 Å². The van der Waals surface area contributed by atoms with Crippen LogP contribution in [0.2, 0.25) is 0 Å². The molecule has 0 atom stereocenters. The third-order valence-electron chi connectivity index (χ3n) is 4.65. The summed E-state index contributed by atoms with van der Waals surface area (Å²) in [4.78, 5) is 4.78. The first-order valence-electron chi connectivity index (χ1n) is 10.7. The topological polar surface area (TPSA) is 85.6 Å². The zero-order valence-corrected chi connectivity index (χ0v) is 19.0. The molecule has 0 spiro atoms. The highest BCUT2D eigenvalue weighted by Crippen LogP contribution is 2.21. The molecule has 1 aromatic carbocycles. The Bertz CT molecular complexity index is 803. The Morgan fingerprint density at radius 2 is 1.97 bits per heavy atom. The third kappa shape index (κ3) is 7.67. The van der Waals surface area contributed by atoms with Gasteiger partial charge < -0.3 is 24.7 Å². The second-order valence-corrected chi connectivity index (χ2v) is 7.18. The Morgan fingerprint density at radius 1 is 1.13 bits per heavy atom. The lowest BCUT2D eigenvalue weighted by atomic mass is 10.1. The van der Waals surface area contributed by atoms with Crippen LogP contribution in [0.5, 0.6) is 5.75 Å². The molecule has 0 unspecified atom stereocenters. The number of ether oxygens (including phenoxy) is 2. The van der Waals surface area contributed by atoms with E-state index in [1.807, 2.05) is 25.5 Å². The first kappa shape index (κ1) is 23.7. The van der Waals surface area contributed by atoms with Crippen LogP contribution >= 0.6 is 0 Å². The molecule has 0 bridgehead atoms. The molecule has 0 aliphatic heterocycles.